The number of methoxy groups -OCH3 is 1. The molecule has 3 nitrogen and oxygen atoms in total. The maximum atomic E-state index is 13.0. The summed E-state index contributed by atoms with van der Waals surface area (Å²) in [6.45, 7) is 0. The second kappa shape index (κ2) is 6.30. The highest BCUT2D eigenvalue weighted by Gasteiger charge is 2.34. The van der Waals surface area contributed by atoms with Gasteiger partial charge in [0.15, 0.2) is 0 Å². The summed E-state index contributed by atoms with van der Waals surface area (Å²) >= 11 is 0. The maximum Gasteiger partial charge on any atom is 0.417 e. The Morgan fingerprint density at radius 2 is 1.76 bits per heavy atom. The Morgan fingerprint density at radius 1 is 1.05 bits per heavy atom. The summed E-state index contributed by atoms with van der Waals surface area (Å²) in [6, 6.07) is 12.7. The molecule has 0 aromatic heterocycles. The summed E-state index contributed by atoms with van der Waals surface area (Å²) in [5, 5.41) is 3.84. The molecule has 0 aliphatic rings. The van der Waals surface area contributed by atoms with Crippen LogP contribution in [0.3, 0.4) is 0 Å². The van der Waals surface area contributed by atoms with E-state index in [1.165, 1.54) is 19.2 Å². The van der Waals surface area contributed by atoms with Crippen molar-refractivity contribution in [1.29, 1.82) is 0 Å². The first-order chi connectivity index (χ1) is 10.0. The molecule has 0 spiro atoms. The molecule has 2 aromatic rings. The van der Waals surface area contributed by atoms with Crippen molar-refractivity contribution in [2.75, 3.05) is 12.5 Å². The smallest absolute Gasteiger partial charge is 0.417 e. The summed E-state index contributed by atoms with van der Waals surface area (Å²) in [5.41, 5.74) is 2.44. The minimum atomic E-state index is -4.47. The minimum absolute atomic E-state index is 0.114. The second-order valence-electron chi connectivity index (χ2n) is 4.16. The van der Waals surface area contributed by atoms with Gasteiger partial charge in [-0.15, -0.1) is 0 Å². The van der Waals surface area contributed by atoms with Crippen LogP contribution in [0.5, 0.6) is 5.75 Å². The lowest BCUT2D eigenvalue weighted by Crippen LogP contribution is -2.10. The monoisotopic (exact) mass is 294 g/mol. The van der Waals surface area contributed by atoms with Gasteiger partial charge in [-0.1, -0.05) is 24.3 Å². The number of nitrogens with zero attached hydrogens (tertiary/aromatic N) is 1. The van der Waals surface area contributed by atoms with Crippen molar-refractivity contribution in [3.63, 3.8) is 0 Å². The van der Waals surface area contributed by atoms with Gasteiger partial charge >= 0.3 is 6.18 Å². The van der Waals surface area contributed by atoms with Gasteiger partial charge in [0.2, 0.25) is 0 Å². The molecular formula is C15H13F3N2O. The third kappa shape index (κ3) is 3.75. The highest BCUT2D eigenvalue weighted by molar-refractivity contribution is 5.86. The van der Waals surface area contributed by atoms with E-state index in [9.17, 15) is 13.2 Å². The van der Waals surface area contributed by atoms with Gasteiger partial charge in [-0.2, -0.15) is 18.3 Å². The average molecular weight is 294 g/mol. The predicted molar refractivity (Wildman–Crippen MR) is 75.7 cm³/mol. The minimum Gasteiger partial charge on any atom is -0.496 e. The number of alkyl halides is 3. The molecule has 1 N–H and O–H groups in total. The van der Waals surface area contributed by atoms with E-state index < -0.39 is 11.7 Å². The predicted octanol–water partition coefficient (Wildman–Crippen LogP) is 4.16. The van der Waals surface area contributed by atoms with Gasteiger partial charge in [0.1, 0.15) is 5.75 Å². The van der Waals surface area contributed by atoms with Crippen LogP contribution in [0.15, 0.2) is 53.6 Å². The molecule has 6 heteroatoms. The number of hydrogen-bond acceptors (Lipinski definition) is 3. The van der Waals surface area contributed by atoms with Gasteiger partial charge in [0.25, 0.3) is 0 Å². The molecule has 2 aromatic carbocycles. The third-order valence-corrected chi connectivity index (χ3v) is 2.75. The number of rotatable bonds is 4. The third-order valence-electron chi connectivity index (χ3n) is 2.75. The Kier molecular flexibility index (Phi) is 4.47. The fourth-order valence-electron chi connectivity index (χ4n) is 1.79. The number of hydrazone groups is 1. The molecule has 0 saturated heterocycles. The van der Waals surface area contributed by atoms with E-state index in [0.29, 0.717) is 5.69 Å². The molecule has 21 heavy (non-hydrogen) atoms. The number of halogens is 3. The molecule has 0 atom stereocenters. The Hall–Kier alpha value is -2.50. The Balaban J connectivity index is 2.30. The molecule has 0 unspecified atom stereocenters. The van der Waals surface area contributed by atoms with E-state index in [1.807, 2.05) is 6.07 Å². The fourth-order valence-corrected chi connectivity index (χ4v) is 1.79. The lowest BCUT2D eigenvalue weighted by molar-refractivity contribution is -0.137. The van der Waals surface area contributed by atoms with Crippen molar-refractivity contribution in [3.05, 3.63) is 59.7 Å². The van der Waals surface area contributed by atoms with E-state index in [4.69, 9.17) is 4.74 Å². The second-order valence-corrected chi connectivity index (χ2v) is 4.16. The van der Waals surface area contributed by atoms with Crippen LogP contribution in [0.4, 0.5) is 18.9 Å². The van der Waals surface area contributed by atoms with Gasteiger partial charge in [0, 0.05) is 5.56 Å². The molecule has 0 aliphatic carbocycles. The molecular weight excluding hydrogens is 281 g/mol. The number of para-hydroxylation sites is 1. The van der Waals surface area contributed by atoms with E-state index in [0.717, 1.165) is 12.3 Å². The molecule has 0 fully saturated rings. The first-order valence-corrected chi connectivity index (χ1v) is 6.10. The molecule has 0 radical (unpaired) electrons. The van der Waals surface area contributed by atoms with Crippen molar-refractivity contribution in [3.8, 4) is 5.75 Å². The first kappa shape index (κ1) is 14.9. The largest absolute Gasteiger partial charge is 0.496 e. The maximum absolute atomic E-state index is 13.0. The first-order valence-electron chi connectivity index (χ1n) is 6.10. The van der Waals surface area contributed by atoms with Gasteiger partial charge in [0.05, 0.1) is 24.6 Å². The van der Waals surface area contributed by atoms with Crippen LogP contribution in [0.25, 0.3) is 0 Å². The van der Waals surface area contributed by atoms with Gasteiger partial charge in [-0.3, -0.25) is 5.43 Å². The van der Waals surface area contributed by atoms with Crippen molar-refractivity contribution < 1.29 is 17.9 Å². The molecule has 0 amide bonds. The lowest BCUT2D eigenvalue weighted by Gasteiger charge is -2.13. The van der Waals surface area contributed by atoms with Crippen molar-refractivity contribution in [1.82, 2.24) is 0 Å². The SMILES string of the molecule is COc1cccc(C(F)(F)F)c1C=NNc1ccccc1. The zero-order valence-electron chi connectivity index (χ0n) is 11.2. The van der Waals surface area contributed by atoms with E-state index in [-0.39, 0.29) is 11.3 Å². The standard InChI is InChI=1S/C15H13F3N2O/c1-21-14-9-5-8-13(15(16,17)18)12(14)10-19-20-11-6-3-2-4-7-11/h2-10,20H,1H3. The quantitative estimate of drug-likeness (QED) is 0.678. The zero-order chi connectivity index (χ0) is 15.3. The van der Waals surface area contributed by atoms with E-state index in [2.05, 4.69) is 10.5 Å². The van der Waals surface area contributed by atoms with Gasteiger partial charge in [-0.25, -0.2) is 0 Å². The Morgan fingerprint density at radius 3 is 2.38 bits per heavy atom. The van der Waals surface area contributed by atoms with E-state index in [1.54, 1.807) is 24.3 Å². The summed E-state index contributed by atoms with van der Waals surface area (Å²) in [7, 11) is 1.32. The van der Waals surface area contributed by atoms with Crippen LogP contribution in [0.1, 0.15) is 11.1 Å². The summed E-state index contributed by atoms with van der Waals surface area (Å²) in [4.78, 5) is 0. The van der Waals surface area contributed by atoms with Gasteiger partial charge < -0.3 is 4.74 Å². The van der Waals surface area contributed by atoms with Crippen LogP contribution < -0.4 is 10.2 Å². The molecule has 0 saturated carbocycles. The number of benzene rings is 2. The highest BCUT2D eigenvalue weighted by atomic mass is 19.4. The molecule has 0 heterocycles. The molecule has 2 rings (SSSR count). The summed E-state index contributed by atoms with van der Waals surface area (Å²) in [5.74, 6) is 0.114. The average Bonchev–Trinajstić information content (AvgIpc) is 2.47. The molecule has 0 bridgehead atoms. The van der Waals surface area contributed by atoms with Crippen LogP contribution in [-0.4, -0.2) is 13.3 Å². The zero-order valence-corrected chi connectivity index (χ0v) is 11.2. The van der Waals surface area contributed by atoms with Crippen molar-refractivity contribution in [2.45, 2.75) is 6.18 Å². The molecule has 110 valence electrons. The topological polar surface area (TPSA) is 33.6 Å². The van der Waals surface area contributed by atoms with Crippen LogP contribution >= 0.6 is 0 Å². The fraction of sp³-hybridized carbons (Fsp3) is 0.133. The summed E-state index contributed by atoms with van der Waals surface area (Å²) in [6.07, 6.45) is -3.36. The normalized spacial score (nSPS) is 11.6. The van der Waals surface area contributed by atoms with Crippen LogP contribution in [0, 0.1) is 0 Å². The Labute approximate surface area is 120 Å². The highest BCUT2D eigenvalue weighted by Crippen LogP contribution is 2.34. The van der Waals surface area contributed by atoms with Crippen LogP contribution in [0.2, 0.25) is 0 Å². The van der Waals surface area contributed by atoms with Crippen LogP contribution in [-0.2, 0) is 6.18 Å². The lowest BCUT2D eigenvalue weighted by atomic mass is 10.1. The van der Waals surface area contributed by atoms with Gasteiger partial charge in [-0.05, 0) is 24.3 Å². The Bertz CT molecular complexity index is 625. The van der Waals surface area contributed by atoms with E-state index >= 15 is 0 Å². The summed E-state index contributed by atoms with van der Waals surface area (Å²) < 4.78 is 43.9. The molecule has 0 aliphatic heterocycles. The number of anilines is 1. The number of nitrogens with one attached hydrogen (secondary N) is 1. The number of ether oxygens (including phenoxy) is 1. The van der Waals surface area contributed by atoms with Crippen molar-refractivity contribution in [2.24, 2.45) is 5.10 Å². The number of hydrogen-bond donors (Lipinski definition) is 1. The van der Waals surface area contributed by atoms with Crippen molar-refractivity contribution >= 4 is 11.9 Å².